The Hall–Kier alpha value is -3.80. The number of H-pyrrole nitrogens is 2. The first-order chi connectivity index (χ1) is 14.6. The van der Waals surface area contributed by atoms with Crippen molar-refractivity contribution >= 4 is 26.9 Å². The molecule has 0 fully saturated rings. The van der Waals surface area contributed by atoms with Crippen LogP contribution in [0.5, 0.6) is 11.5 Å². The molecule has 12 heteroatoms. The van der Waals surface area contributed by atoms with Gasteiger partial charge < -0.3 is 9.72 Å². The zero-order valence-corrected chi connectivity index (χ0v) is 16.2. The van der Waals surface area contributed by atoms with Crippen molar-refractivity contribution in [2.45, 2.75) is 11.1 Å². The maximum absolute atomic E-state index is 12.9. The van der Waals surface area contributed by atoms with Crippen LogP contribution >= 0.6 is 0 Å². The second-order valence-corrected chi connectivity index (χ2v) is 8.06. The van der Waals surface area contributed by atoms with E-state index in [1.165, 1.54) is 30.5 Å². The largest absolute Gasteiger partial charge is 0.455 e. The molecule has 2 aromatic carbocycles. The van der Waals surface area contributed by atoms with Crippen LogP contribution in [0.3, 0.4) is 0 Å². The lowest BCUT2D eigenvalue weighted by Gasteiger charge is -2.12. The number of aromatic nitrogens is 3. The molecular formula is C19H13F3N4O4S. The van der Waals surface area contributed by atoms with Crippen molar-refractivity contribution in [3.05, 3.63) is 76.8 Å². The highest BCUT2D eigenvalue weighted by Gasteiger charge is 2.31. The number of anilines is 1. The summed E-state index contributed by atoms with van der Waals surface area (Å²) in [5, 5.41) is 0. The lowest BCUT2D eigenvalue weighted by molar-refractivity contribution is -0.137. The van der Waals surface area contributed by atoms with E-state index < -0.39 is 32.3 Å². The van der Waals surface area contributed by atoms with Crippen molar-refractivity contribution in [3.8, 4) is 11.5 Å². The van der Waals surface area contributed by atoms with E-state index in [0.29, 0.717) is 11.6 Å². The van der Waals surface area contributed by atoms with Gasteiger partial charge in [0.05, 0.1) is 16.1 Å². The molecule has 8 nitrogen and oxygen atoms in total. The van der Waals surface area contributed by atoms with Gasteiger partial charge in [-0.15, -0.1) is 0 Å². The highest BCUT2D eigenvalue weighted by molar-refractivity contribution is 7.92. The van der Waals surface area contributed by atoms with Gasteiger partial charge in [-0.25, -0.2) is 18.2 Å². The standard InChI is InChI=1S/C19H13F3N4O4S/c20-19(21,22)11-3-1-6-14(9-11)31(28,29)26-12-4-2-5-13(10-12)30-15-7-8-23-17-16(15)24-18(27)25-17/h1-10,26H,(H2,23,24,25,27). The molecule has 2 aromatic heterocycles. The Kier molecular flexibility index (Phi) is 4.93. The molecule has 0 aliphatic carbocycles. The van der Waals surface area contributed by atoms with E-state index in [2.05, 4.69) is 19.7 Å². The van der Waals surface area contributed by atoms with Gasteiger partial charge in [0.2, 0.25) is 0 Å². The summed E-state index contributed by atoms with van der Waals surface area (Å²) >= 11 is 0. The molecule has 31 heavy (non-hydrogen) atoms. The third-order valence-corrected chi connectivity index (χ3v) is 5.55. The van der Waals surface area contributed by atoms with Crippen LogP contribution in [0.4, 0.5) is 18.9 Å². The molecule has 4 aromatic rings. The van der Waals surface area contributed by atoms with Crippen LogP contribution in [0, 0.1) is 0 Å². The SMILES string of the molecule is O=c1[nH]c2nccc(Oc3cccc(NS(=O)(=O)c4cccc(C(F)(F)F)c4)c3)c2[nH]1. The molecule has 2 heterocycles. The van der Waals surface area contributed by atoms with Crippen molar-refractivity contribution in [3.63, 3.8) is 0 Å². The Bertz CT molecular complexity index is 1430. The summed E-state index contributed by atoms with van der Waals surface area (Å²) in [6.07, 6.45) is -3.25. The Morgan fingerprint density at radius 2 is 1.77 bits per heavy atom. The number of sulfonamides is 1. The second kappa shape index (κ2) is 7.47. The smallest absolute Gasteiger partial charge is 0.416 e. The molecule has 0 aliphatic rings. The number of pyridine rings is 1. The summed E-state index contributed by atoms with van der Waals surface area (Å²) in [5.41, 5.74) is -0.870. The highest BCUT2D eigenvalue weighted by Crippen LogP contribution is 2.32. The van der Waals surface area contributed by atoms with Gasteiger partial charge in [0, 0.05) is 18.3 Å². The van der Waals surface area contributed by atoms with E-state index in [0.717, 1.165) is 18.2 Å². The first kappa shape index (κ1) is 20.5. The molecule has 0 bridgehead atoms. The first-order valence-electron chi connectivity index (χ1n) is 8.67. The number of ether oxygens (including phenoxy) is 1. The maximum Gasteiger partial charge on any atom is 0.416 e. The molecule has 3 N–H and O–H groups in total. The van der Waals surface area contributed by atoms with Crippen LogP contribution in [-0.2, 0) is 16.2 Å². The van der Waals surface area contributed by atoms with Crippen molar-refractivity contribution in [1.29, 1.82) is 0 Å². The minimum atomic E-state index is -4.67. The molecule has 0 saturated carbocycles. The summed E-state index contributed by atoms with van der Waals surface area (Å²) in [4.78, 5) is 20.0. The number of nitrogens with zero attached hydrogens (tertiary/aromatic N) is 1. The number of hydrogen-bond donors (Lipinski definition) is 3. The van der Waals surface area contributed by atoms with Crippen molar-refractivity contribution < 1.29 is 26.3 Å². The van der Waals surface area contributed by atoms with Crippen molar-refractivity contribution in [2.24, 2.45) is 0 Å². The molecule has 0 radical (unpaired) electrons. The molecule has 4 rings (SSSR count). The van der Waals surface area contributed by atoms with Crippen molar-refractivity contribution in [2.75, 3.05) is 4.72 Å². The van der Waals surface area contributed by atoms with E-state index in [1.807, 2.05) is 0 Å². The van der Waals surface area contributed by atoms with Gasteiger partial charge in [-0.3, -0.25) is 9.71 Å². The molecule has 160 valence electrons. The number of halogens is 3. The minimum absolute atomic E-state index is 0.0720. The minimum Gasteiger partial charge on any atom is -0.455 e. The van der Waals surface area contributed by atoms with E-state index in [4.69, 9.17) is 4.74 Å². The fourth-order valence-electron chi connectivity index (χ4n) is 2.80. The molecule has 0 spiro atoms. The third kappa shape index (κ3) is 4.38. The number of hydrogen-bond acceptors (Lipinski definition) is 5. The normalized spacial score (nSPS) is 12.1. The summed E-state index contributed by atoms with van der Waals surface area (Å²) in [6.45, 7) is 0. The van der Waals surface area contributed by atoms with Crippen LogP contribution in [-0.4, -0.2) is 23.4 Å². The van der Waals surface area contributed by atoms with Gasteiger partial charge in [-0.05, 0) is 30.3 Å². The number of imidazole rings is 1. The maximum atomic E-state index is 12.9. The Balaban J connectivity index is 1.61. The molecule has 0 saturated heterocycles. The number of aromatic amines is 2. The zero-order chi connectivity index (χ0) is 22.2. The Morgan fingerprint density at radius 1 is 1.00 bits per heavy atom. The molecule has 0 atom stereocenters. The Labute approximate surface area is 172 Å². The average molecular weight is 450 g/mol. The summed E-state index contributed by atoms with van der Waals surface area (Å²) in [7, 11) is -4.29. The molecular weight excluding hydrogens is 437 g/mol. The molecule has 0 aliphatic heterocycles. The predicted molar refractivity (Wildman–Crippen MR) is 105 cm³/mol. The molecule has 0 amide bonds. The summed E-state index contributed by atoms with van der Waals surface area (Å²) in [5.74, 6) is 0.486. The zero-order valence-electron chi connectivity index (χ0n) is 15.4. The van der Waals surface area contributed by atoms with Crippen LogP contribution in [0.25, 0.3) is 11.2 Å². The van der Waals surface area contributed by atoms with E-state index >= 15 is 0 Å². The van der Waals surface area contributed by atoms with Gasteiger partial charge in [-0.1, -0.05) is 12.1 Å². The van der Waals surface area contributed by atoms with E-state index in [-0.39, 0.29) is 22.8 Å². The second-order valence-electron chi connectivity index (χ2n) is 6.37. The third-order valence-electron chi connectivity index (χ3n) is 4.17. The topological polar surface area (TPSA) is 117 Å². The summed E-state index contributed by atoms with van der Waals surface area (Å²) < 4.78 is 71.7. The van der Waals surface area contributed by atoms with Gasteiger partial charge in [0.15, 0.2) is 11.4 Å². The first-order valence-corrected chi connectivity index (χ1v) is 10.2. The van der Waals surface area contributed by atoms with Gasteiger partial charge >= 0.3 is 11.9 Å². The number of benzene rings is 2. The quantitative estimate of drug-likeness (QED) is 0.427. The fourth-order valence-corrected chi connectivity index (χ4v) is 3.90. The monoisotopic (exact) mass is 450 g/mol. The van der Waals surface area contributed by atoms with Crippen molar-refractivity contribution in [1.82, 2.24) is 15.0 Å². The van der Waals surface area contributed by atoms with Gasteiger partial charge in [-0.2, -0.15) is 13.2 Å². The number of fused-ring (bicyclic) bond motifs is 1. The number of alkyl halides is 3. The number of nitrogens with one attached hydrogen (secondary N) is 3. The van der Waals surface area contributed by atoms with Gasteiger partial charge in [0.25, 0.3) is 10.0 Å². The number of rotatable bonds is 5. The summed E-state index contributed by atoms with van der Waals surface area (Å²) in [6, 6.07) is 10.7. The van der Waals surface area contributed by atoms with E-state index in [1.54, 1.807) is 6.07 Å². The lowest BCUT2D eigenvalue weighted by atomic mass is 10.2. The fraction of sp³-hybridized carbons (Fsp3) is 0.0526. The molecule has 0 unspecified atom stereocenters. The van der Waals surface area contributed by atoms with Gasteiger partial charge in [0.1, 0.15) is 11.3 Å². The average Bonchev–Trinajstić information content (AvgIpc) is 3.09. The highest BCUT2D eigenvalue weighted by atomic mass is 32.2. The predicted octanol–water partition coefficient (Wildman–Crippen LogP) is 3.86. The van der Waals surface area contributed by atoms with Crippen LogP contribution < -0.4 is 15.1 Å². The Morgan fingerprint density at radius 3 is 2.55 bits per heavy atom. The lowest BCUT2D eigenvalue weighted by Crippen LogP contribution is -2.14. The van der Waals surface area contributed by atoms with Crippen LogP contribution in [0.15, 0.2) is 70.5 Å². The van der Waals surface area contributed by atoms with Crippen LogP contribution in [0.1, 0.15) is 5.56 Å². The van der Waals surface area contributed by atoms with E-state index in [9.17, 15) is 26.4 Å². The van der Waals surface area contributed by atoms with Crippen LogP contribution in [0.2, 0.25) is 0 Å².